The number of carbonyl (C=O) groups excluding carboxylic acids is 2. The summed E-state index contributed by atoms with van der Waals surface area (Å²) in [5.41, 5.74) is 0. The molecule has 9 nitrogen and oxygen atoms in total. The molecule has 0 aliphatic rings. The lowest BCUT2D eigenvalue weighted by molar-refractivity contribution is -0.870. The Hall–Kier alpha value is -4.63. The second-order valence-electron chi connectivity index (χ2n) is 27.4. The number of phosphoric acid groups is 1. The number of hydrogen-bond donors (Lipinski definition) is 1. The topological polar surface area (TPSA) is 108 Å². The zero-order valence-electron chi connectivity index (χ0n) is 63.7. The van der Waals surface area contributed by atoms with Gasteiger partial charge in [0.05, 0.1) is 27.7 Å². The maximum atomic E-state index is 12.9. The Kier molecular flexibility index (Phi) is 72.9. The minimum absolute atomic E-state index is 0.0158. The standard InChI is InChI=1S/C88H148NO8P/c1-6-8-10-12-14-16-18-20-22-24-26-28-30-32-34-36-38-40-42-43-44-45-47-49-51-53-55-57-59-61-63-65-67-69-71-73-75-77-79-81-88(91)97-86(85-96-98(92,93)95-83-82-89(3,4)5)84-94-87(90)80-78-76-74-72-70-68-66-64-62-60-58-56-54-52-50-48-46-41-39-37-35-33-31-29-27-25-23-21-19-17-15-13-11-9-7-2/h8,10,14,16,19-22,25-28,32,34,38,40,43-44,47,49,53,55,59,61,65,67,71,73,86H,6-7,9,11-13,15,17-18,23-24,29-31,33,35-37,39,41-42,45-46,48,50-52,54,56-58,60,62-64,66,68-70,72,74-85H2,1-5H3/p+1/b10-8-,16-14-,21-19-,22-20-,27-25-,28-26-,34-32-,40-38-,44-43-,49-47-,55-53-,61-59-,67-65-,73-71-. The van der Waals surface area contributed by atoms with Crippen molar-refractivity contribution < 1.29 is 42.1 Å². The lowest BCUT2D eigenvalue weighted by atomic mass is 10.0. The minimum atomic E-state index is -4.42. The van der Waals surface area contributed by atoms with E-state index in [-0.39, 0.29) is 32.0 Å². The van der Waals surface area contributed by atoms with E-state index in [1.807, 2.05) is 21.1 Å². The summed E-state index contributed by atoms with van der Waals surface area (Å²) in [7, 11) is 1.44. The van der Waals surface area contributed by atoms with Gasteiger partial charge in [-0.25, -0.2) is 4.57 Å². The van der Waals surface area contributed by atoms with Gasteiger partial charge in [-0.15, -0.1) is 0 Å². The summed E-state index contributed by atoms with van der Waals surface area (Å²) in [5, 5.41) is 0. The highest BCUT2D eigenvalue weighted by atomic mass is 31.2. The monoisotopic (exact) mass is 1380 g/mol. The van der Waals surface area contributed by atoms with Crippen molar-refractivity contribution in [1.82, 2.24) is 0 Å². The molecule has 0 saturated carbocycles. The van der Waals surface area contributed by atoms with E-state index < -0.39 is 26.5 Å². The smallest absolute Gasteiger partial charge is 0.462 e. The molecule has 0 amide bonds. The number of esters is 2. The van der Waals surface area contributed by atoms with Crippen LogP contribution in [0.15, 0.2) is 170 Å². The number of unbranched alkanes of at least 4 members (excludes halogenated alkanes) is 30. The summed E-state index contributed by atoms with van der Waals surface area (Å²) in [6, 6.07) is 0. The number of rotatable bonds is 72. The van der Waals surface area contributed by atoms with Crippen LogP contribution in [0.2, 0.25) is 0 Å². The lowest BCUT2D eigenvalue weighted by Crippen LogP contribution is -2.37. The van der Waals surface area contributed by atoms with E-state index in [1.54, 1.807) is 0 Å². The molecule has 0 bridgehead atoms. The Balaban J connectivity index is 4.10. The second kappa shape index (κ2) is 76.5. The fraction of sp³-hybridized carbons (Fsp3) is 0.659. The molecule has 0 aromatic heterocycles. The van der Waals surface area contributed by atoms with E-state index in [4.69, 9.17) is 18.5 Å². The Morgan fingerprint density at radius 3 is 0.888 bits per heavy atom. The van der Waals surface area contributed by atoms with Gasteiger partial charge in [0.2, 0.25) is 0 Å². The molecule has 0 radical (unpaired) electrons. The van der Waals surface area contributed by atoms with Gasteiger partial charge in [-0.05, 0) is 135 Å². The molecule has 0 aliphatic heterocycles. The molecule has 0 spiro atoms. The molecule has 0 fully saturated rings. The first-order valence-corrected chi connectivity index (χ1v) is 41.4. The predicted molar refractivity (Wildman–Crippen MR) is 426 cm³/mol. The summed E-state index contributed by atoms with van der Waals surface area (Å²) in [6.45, 7) is 4.27. The molecule has 0 aliphatic carbocycles. The maximum absolute atomic E-state index is 12.9. The fourth-order valence-corrected chi connectivity index (χ4v) is 11.4. The normalized spacial score (nSPS) is 14.0. The quantitative estimate of drug-likeness (QED) is 0.0211. The van der Waals surface area contributed by atoms with Gasteiger partial charge in [0, 0.05) is 12.8 Å². The average molecular weight is 1380 g/mol. The molecule has 0 heterocycles. The number of carbonyl (C=O) groups is 2. The van der Waals surface area contributed by atoms with Crippen molar-refractivity contribution in [2.75, 3.05) is 47.5 Å². The van der Waals surface area contributed by atoms with Crippen LogP contribution in [0, 0.1) is 0 Å². The molecule has 558 valence electrons. The first-order chi connectivity index (χ1) is 48.0. The molecule has 1 N–H and O–H groups in total. The number of quaternary nitrogens is 1. The fourth-order valence-electron chi connectivity index (χ4n) is 10.7. The van der Waals surface area contributed by atoms with Crippen LogP contribution in [0.4, 0.5) is 0 Å². The van der Waals surface area contributed by atoms with Crippen molar-refractivity contribution in [1.29, 1.82) is 0 Å². The highest BCUT2D eigenvalue weighted by Gasteiger charge is 2.27. The summed E-state index contributed by atoms with van der Waals surface area (Å²) >= 11 is 0. The van der Waals surface area contributed by atoms with Gasteiger partial charge in [-0.2, -0.15) is 0 Å². The number of nitrogens with zero attached hydrogens (tertiary/aromatic N) is 1. The molecule has 10 heteroatoms. The van der Waals surface area contributed by atoms with Crippen LogP contribution in [0.5, 0.6) is 0 Å². The van der Waals surface area contributed by atoms with Crippen LogP contribution in [0.3, 0.4) is 0 Å². The van der Waals surface area contributed by atoms with E-state index in [1.165, 1.54) is 173 Å². The van der Waals surface area contributed by atoms with Crippen LogP contribution in [-0.2, 0) is 32.7 Å². The largest absolute Gasteiger partial charge is 0.472 e. The van der Waals surface area contributed by atoms with Crippen molar-refractivity contribution in [2.45, 2.75) is 328 Å². The van der Waals surface area contributed by atoms with Crippen LogP contribution < -0.4 is 0 Å². The molecule has 0 rings (SSSR count). The Labute approximate surface area is 604 Å². The van der Waals surface area contributed by atoms with Crippen molar-refractivity contribution >= 4 is 19.8 Å². The minimum Gasteiger partial charge on any atom is -0.462 e. The SMILES string of the molecule is CC/C=C\C/C=C\C/C=C\C/C=C\C/C=C\C/C=C\C/C=C\C/C=C\C/C=C\C/C=C\C/C=C\C/C=C\CCCCC(=O)OC(COC(=O)CCCCCCCCCCCCCCCCCCCCCCCCC/C=C\C/C=C\CCCCCCC)COP(=O)(O)OCC[N+](C)(C)C. The van der Waals surface area contributed by atoms with Gasteiger partial charge >= 0.3 is 19.8 Å². The molecule has 2 atom stereocenters. The number of allylic oxidation sites excluding steroid dienone is 28. The molecule has 2 unspecified atom stereocenters. The van der Waals surface area contributed by atoms with Crippen molar-refractivity contribution in [3.8, 4) is 0 Å². The number of likely N-dealkylation sites (N-methyl/N-ethyl adjacent to an activating group) is 1. The van der Waals surface area contributed by atoms with E-state index in [0.29, 0.717) is 17.4 Å². The van der Waals surface area contributed by atoms with E-state index in [2.05, 4.69) is 184 Å². The van der Waals surface area contributed by atoms with Gasteiger partial charge < -0.3 is 18.9 Å². The highest BCUT2D eigenvalue weighted by molar-refractivity contribution is 7.47. The van der Waals surface area contributed by atoms with Crippen molar-refractivity contribution in [2.24, 2.45) is 0 Å². The summed E-state index contributed by atoms with van der Waals surface area (Å²) in [4.78, 5) is 35.9. The van der Waals surface area contributed by atoms with Gasteiger partial charge in [-0.1, -0.05) is 344 Å². The average Bonchev–Trinajstić information content (AvgIpc) is 1.23. The summed E-state index contributed by atoms with van der Waals surface area (Å²) in [5.74, 6) is -0.849. The molecular formula is C88H149NO8P+. The Bertz CT molecular complexity index is 2270. The van der Waals surface area contributed by atoms with Gasteiger partial charge in [0.25, 0.3) is 0 Å². The molecule has 98 heavy (non-hydrogen) atoms. The van der Waals surface area contributed by atoms with E-state index in [0.717, 1.165) is 116 Å². The van der Waals surface area contributed by atoms with Crippen LogP contribution in [0.25, 0.3) is 0 Å². The second-order valence-corrected chi connectivity index (χ2v) is 28.8. The van der Waals surface area contributed by atoms with Crippen LogP contribution in [-0.4, -0.2) is 74.9 Å². The molecule has 0 aromatic rings. The Morgan fingerprint density at radius 2 is 0.582 bits per heavy atom. The molecule has 0 saturated heterocycles. The zero-order chi connectivity index (χ0) is 71.1. The van der Waals surface area contributed by atoms with Crippen LogP contribution >= 0.6 is 7.82 Å². The number of ether oxygens (including phenoxy) is 2. The zero-order valence-corrected chi connectivity index (χ0v) is 64.6. The third-order valence-corrected chi connectivity index (χ3v) is 17.7. The van der Waals surface area contributed by atoms with Gasteiger partial charge in [-0.3, -0.25) is 18.6 Å². The first-order valence-electron chi connectivity index (χ1n) is 39.9. The maximum Gasteiger partial charge on any atom is 0.472 e. The summed E-state index contributed by atoms with van der Waals surface area (Å²) < 4.78 is 34.7. The molecule has 0 aromatic carbocycles. The molecular weight excluding hydrogens is 1230 g/mol. The van der Waals surface area contributed by atoms with Crippen molar-refractivity contribution in [3.05, 3.63) is 170 Å². The number of phosphoric ester groups is 1. The van der Waals surface area contributed by atoms with Gasteiger partial charge in [0.1, 0.15) is 19.8 Å². The van der Waals surface area contributed by atoms with E-state index in [9.17, 15) is 19.0 Å². The third-order valence-electron chi connectivity index (χ3n) is 16.7. The van der Waals surface area contributed by atoms with Crippen molar-refractivity contribution in [3.63, 3.8) is 0 Å². The number of hydrogen-bond acceptors (Lipinski definition) is 7. The first kappa shape index (κ1) is 93.4. The predicted octanol–water partition coefficient (Wildman–Crippen LogP) is 26.8. The van der Waals surface area contributed by atoms with Gasteiger partial charge in [0.15, 0.2) is 6.10 Å². The van der Waals surface area contributed by atoms with Crippen LogP contribution in [0.1, 0.15) is 322 Å². The summed E-state index contributed by atoms with van der Waals surface area (Å²) in [6.07, 6.45) is 116. The van der Waals surface area contributed by atoms with E-state index >= 15 is 0 Å². The Morgan fingerprint density at radius 1 is 0.327 bits per heavy atom. The highest BCUT2D eigenvalue weighted by Crippen LogP contribution is 2.43. The lowest BCUT2D eigenvalue weighted by Gasteiger charge is -2.24. The third kappa shape index (κ3) is 80.3.